The molecule has 138 valence electrons. The lowest BCUT2D eigenvalue weighted by atomic mass is 10.1. The number of para-hydroxylation sites is 2. The molecule has 2 aromatic rings. The predicted molar refractivity (Wildman–Crippen MR) is 99.4 cm³/mol. The molecule has 2 N–H and O–H groups in total. The minimum absolute atomic E-state index is 0.360. The predicted octanol–water partition coefficient (Wildman–Crippen LogP) is 1.72. The average Bonchev–Trinajstić information content (AvgIpc) is 2.68. The van der Waals surface area contributed by atoms with Crippen LogP contribution < -0.4 is 20.1 Å². The number of amides is 2. The van der Waals surface area contributed by atoms with Crippen LogP contribution in [-0.2, 0) is 22.4 Å². The number of carbonyl (C=O) groups excluding carboxylic acids is 2. The van der Waals surface area contributed by atoms with E-state index in [0.717, 1.165) is 22.6 Å². The third-order valence-electron chi connectivity index (χ3n) is 3.95. The highest BCUT2D eigenvalue weighted by atomic mass is 16.5. The Bertz CT molecular complexity index is 683. The van der Waals surface area contributed by atoms with Crippen LogP contribution in [0.2, 0.25) is 0 Å². The standard InChI is InChI=1S/C20H24N2O4/c1-25-17-9-5-3-7-15(17)11-13-21-19(23)20(24)22-14-12-16-8-4-6-10-18(16)26-2/h3-10H,11-14H2,1-2H3,(H,21,23)(H,22,24). The van der Waals surface area contributed by atoms with E-state index < -0.39 is 11.8 Å². The van der Waals surface area contributed by atoms with Crippen molar-refractivity contribution in [2.24, 2.45) is 0 Å². The van der Waals surface area contributed by atoms with Crippen molar-refractivity contribution in [2.75, 3.05) is 27.3 Å². The van der Waals surface area contributed by atoms with Crippen LogP contribution in [0, 0.1) is 0 Å². The largest absolute Gasteiger partial charge is 0.496 e. The molecular weight excluding hydrogens is 332 g/mol. The zero-order chi connectivity index (χ0) is 18.8. The summed E-state index contributed by atoms with van der Waals surface area (Å²) in [4.78, 5) is 23.7. The molecule has 0 heterocycles. The SMILES string of the molecule is COc1ccccc1CCNC(=O)C(=O)NCCc1ccccc1OC. The van der Waals surface area contributed by atoms with Crippen LogP contribution >= 0.6 is 0 Å². The lowest BCUT2D eigenvalue weighted by molar-refractivity contribution is -0.139. The Morgan fingerprint density at radius 2 is 1.12 bits per heavy atom. The normalized spacial score (nSPS) is 10.1. The summed E-state index contributed by atoms with van der Waals surface area (Å²) in [5, 5.41) is 5.24. The van der Waals surface area contributed by atoms with Gasteiger partial charge < -0.3 is 20.1 Å². The van der Waals surface area contributed by atoms with Gasteiger partial charge in [0, 0.05) is 13.1 Å². The molecule has 0 aliphatic carbocycles. The van der Waals surface area contributed by atoms with Crippen LogP contribution in [0.4, 0.5) is 0 Å². The molecule has 2 aromatic carbocycles. The molecule has 0 radical (unpaired) electrons. The van der Waals surface area contributed by atoms with Crippen molar-refractivity contribution in [2.45, 2.75) is 12.8 Å². The van der Waals surface area contributed by atoms with Crippen molar-refractivity contribution >= 4 is 11.8 Å². The van der Waals surface area contributed by atoms with Crippen LogP contribution in [0.5, 0.6) is 11.5 Å². The quantitative estimate of drug-likeness (QED) is 0.706. The van der Waals surface area contributed by atoms with E-state index in [1.807, 2.05) is 48.5 Å². The molecule has 0 aliphatic heterocycles. The number of ether oxygens (including phenoxy) is 2. The molecule has 0 saturated heterocycles. The van der Waals surface area contributed by atoms with E-state index in [9.17, 15) is 9.59 Å². The molecule has 0 fully saturated rings. The molecule has 0 atom stereocenters. The van der Waals surface area contributed by atoms with Gasteiger partial charge in [0.25, 0.3) is 0 Å². The molecule has 0 bridgehead atoms. The third kappa shape index (κ3) is 5.51. The van der Waals surface area contributed by atoms with E-state index in [-0.39, 0.29) is 0 Å². The van der Waals surface area contributed by atoms with Gasteiger partial charge in [0.15, 0.2) is 0 Å². The lowest BCUT2D eigenvalue weighted by Gasteiger charge is -2.10. The first-order chi connectivity index (χ1) is 12.7. The Balaban J connectivity index is 1.73. The monoisotopic (exact) mass is 356 g/mol. The van der Waals surface area contributed by atoms with Crippen LogP contribution in [0.25, 0.3) is 0 Å². The van der Waals surface area contributed by atoms with E-state index >= 15 is 0 Å². The van der Waals surface area contributed by atoms with E-state index in [0.29, 0.717) is 25.9 Å². The van der Waals surface area contributed by atoms with Gasteiger partial charge in [-0.1, -0.05) is 36.4 Å². The van der Waals surface area contributed by atoms with Gasteiger partial charge >= 0.3 is 11.8 Å². The van der Waals surface area contributed by atoms with Gasteiger partial charge in [0.05, 0.1) is 14.2 Å². The maximum absolute atomic E-state index is 11.9. The summed E-state index contributed by atoms with van der Waals surface area (Å²) in [6, 6.07) is 15.2. The van der Waals surface area contributed by atoms with Crippen molar-refractivity contribution < 1.29 is 19.1 Å². The zero-order valence-electron chi connectivity index (χ0n) is 15.1. The van der Waals surface area contributed by atoms with Crippen LogP contribution in [0.3, 0.4) is 0 Å². The molecule has 26 heavy (non-hydrogen) atoms. The summed E-state index contributed by atoms with van der Waals surface area (Å²) in [6.45, 7) is 0.721. The van der Waals surface area contributed by atoms with Crippen LogP contribution in [0.1, 0.15) is 11.1 Å². The number of benzene rings is 2. The van der Waals surface area contributed by atoms with Gasteiger partial charge in [-0.25, -0.2) is 0 Å². The van der Waals surface area contributed by atoms with E-state index in [2.05, 4.69) is 10.6 Å². The Kier molecular flexibility index (Phi) is 7.49. The Labute approximate surface area is 153 Å². The van der Waals surface area contributed by atoms with Crippen LogP contribution in [0.15, 0.2) is 48.5 Å². The molecule has 6 heteroatoms. The number of hydrogen-bond donors (Lipinski definition) is 2. The van der Waals surface area contributed by atoms with Crippen molar-refractivity contribution in [1.29, 1.82) is 0 Å². The van der Waals surface area contributed by atoms with Crippen molar-refractivity contribution in [3.63, 3.8) is 0 Å². The van der Waals surface area contributed by atoms with E-state index in [1.165, 1.54) is 0 Å². The molecule has 0 spiro atoms. The Morgan fingerprint density at radius 3 is 1.50 bits per heavy atom. The first-order valence-electron chi connectivity index (χ1n) is 8.45. The van der Waals surface area contributed by atoms with Gasteiger partial charge in [-0.3, -0.25) is 9.59 Å². The van der Waals surface area contributed by atoms with Crippen LogP contribution in [-0.4, -0.2) is 39.1 Å². The minimum Gasteiger partial charge on any atom is -0.496 e. The summed E-state index contributed by atoms with van der Waals surface area (Å²) >= 11 is 0. The summed E-state index contributed by atoms with van der Waals surface area (Å²) in [5.74, 6) is 0.255. The smallest absolute Gasteiger partial charge is 0.309 e. The maximum atomic E-state index is 11.9. The highest BCUT2D eigenvalue weighted by Gasteiger charge is 2.13. The van der Waals surface area contributed by atoms with Crippen molar-refractivity contribution in [3.05, 3.63) is 59.7 Å². The Morgan fingerprint density at radius 1 is 0.731 bits per heavy atom. The lowest BCUT2D eigenvalue weighted by Crippen LogP contribution is -2.41. The number of rotatable bonds is 8. The maximum Gasteiger partial charge on any atom is 0.309 e. The minimum atomic E-state index is -0.639. The van der Waals surface area contributed by atoms with Gasteiger partial charge in [0.1, 0.15) is 11.5 Å². The molecule has 0 aliphatic rings. The molecule has 2 rings (SSSR count). The fourth-order valence-electron chi connectivity index (χ4n) is 2.60. The van der Waals surface area contributed by atoms with E-state index in [1.54, 1.807) is 14.2 Å². The summed E-state index contributed by atoms with van der Waals surface area (Å²) in [5.41, 5.74) is 1.96. The number of hydrogen-bond acceptors (Lipinski definition) is 4. The molecule has 6 nitrogen and oxygen atoms in total. The zero-order valence-corrected chi connectivity index (χ0v) is 15.1. The van der Waals surface area contributed by atoms with E-state index in [4.69, 9.17) is 9.47 Å². The molecule has 0 aromatic heterocycles. The van der Waals surface area contributed by atoms with Gasteiger partial charge in [0.2, 0.25) is 0 Å². The topological polar surface area (TPSA) is 76.7 Å². The van der Waals surface area contributed by atoms with Crippen molar-refractivity contribution in [1.82, 2.24) is 10.6 Å². The summed E-state index contributed by atoms with van der Waals surface area (Å²) in [6.07, 6.45) is 1.18. The molecule has 0 saturated carbocycles. The fourth-order valence-corrected chi connectivity index (χ4v) is 2.60. The van der Waals surface area contributed by atoms with Gasteiger partial charge in [-0.15, -0.1) is 0 Å². The Hall–Kier alpha value is -3.02. The van der Waals surface area contributed by atoms with Gasteiger partial charge in [-0.2, -0.15) is 0 Å². The third-order valence-corrected chi connectivity index (χ3v) is 3.95. The molecular formula is C20H24N2O4. The summed E-state index contributed by atoms with van der Waals surface area (Å²) < 4.78 is 10.5. The average molecular weight is 356 g/mol. The molecule has 0 unspecified atom stereocenters. The number of carbonyl (C=O) groups is 2. The number of methoxy groups -OCH3 is 2. The fraction of sp³-hybridized carbons (Fsp3) is 0.300. The molecule has 2 amide bonds. The van der Waals surface area contributed by atoms with Gasteiger partial charge in [-0.05, 0) is 36.1 Å². The first kappa shape index (κ1) is 19.3. The second-order valence-electron chi connectivity index (χ2n) is 5.64. The summed E-state index contributed by atoms with van der Waals surface area (Å²) in [7, 11) is 3.21. The second-order valence-corrected chi connectivity index (χ2v) is 5.64. The number of nitrogens with one attached hydrogen (secondary N) is 2. The second kappa shape index (κ2) is 10.1. The first-order valence-corrected chi connectivity index (χ1v) is 8.45. The highest BCUT2D eigenvalue weighted by molar-refractivity contribution is 6.35. The highest BCUT2D eigenvalue weighted by Crippen LogP contribution is 2.18. The van der Waals surface area contributed by atoms with Crippen molar-refractivity contribution in [3.8, 4) is 11.5 Å².